The van der Waals surface area contributed by atoms with E-state index in [1.54, 1.807) is 32.3 Å². The van der Waals surface area contributed by atoms with Crippen LogP contribution in [0.4, 0.5) is 26.1 Å². The second kappa shape index (κ2) is 11.2. The molecule has 2 aliphatic rings. The topological polar surface area (TPSA) is 73.8 Å². The number of benzene rings is 2. The summed E-state index contributed by atoms with van der Waals surface area (Å²) in [6, 6.07) is 6.42. The number of morpholine rings is 1. The van der Waals surface area contributed by atoms with Gasteiger partial charge < -0.3 is 24.8 Å². The Morgan fingerprint density at radius 3 is 2.28 bits per heavy atom. The second-order valence-electron chi connectivity index (χ2n) is 10.4. The van der Waals surface area contributed by atoms with Crippen molar-refractivity contribution in [2.24, 2.45) is 0 Å². The number of halogens is 2. The Bertz CT molecular complexity index is 1340. The van der Waals surface area contributed by atoms with Gasteiger partial charge in [-0.1, -0.05) is 0 Å². The van der Waals surface area contributed by atoms with Crippen LogP contribution in [0.5, 0.6) is 0 Å². The lowest BCUT2D eigenvalue weighted by molar-refractivity contribution is 0.102. The Morgan fingerprint density at radius 1 is 0.974 bits per heavy atom. The van der Waals surface area contributed by atoms with E-state index in [-0.39, 0.29) is 23.3 Å². The molecule has 8 nitrogen and oxygen atoms in total. The van der Waals surface area contributed by atoms with E-state index in [0.29, 0.717) is 79.0 Å². The molecule has 0 saturated carbocycles. The molecule has 1 atom stereocenters. The van der Waals surface area contributed by atoms with Crippen molar-refractivity contribution >= 4 is 23.2 Å². The predicted octanol–water partition coefficient (Wildman–Crippen LogP) is 4.27. The van der Waals surface area contributed by atoms with Gasteiger partial charge in [0.05, 0.1) is 24.6 Å². The van der Waals surface area contributed by atoms with E-state index >= 15 is 4.39 Å². The van der Waals surface area contributed by atoms with E-state index < -0.39 is 5.82 Å². The minimum Gasteiger partial charge on any atom is -0.378 e. The summed E-state index contributed by atoms with van der Waals surface area (Å²) in [5, 5.41) is 2.98. The number of aryl methyl sites for hydroxylation is 2. The van der Waals surface area contributed by atoms with Gasteiger partial charge in [0.2, 0.25) is 5.95 Å². The molecular formula is C29H34F2N6O2. The number of likely N-dealkylation sites (N-methyl/N-ethyl adjacent to an activating group) is 1. The summed E-state index contributed by atoms with van der Waals surface area (Å²) >= 11 is 0. The monoisotopic (exact) mass is 536 g/mol. The molecule has 3 aromatic rings. The van der Waals surface area contributed by atoms with Gasteiger partial charge in [-0.15, -0.1) is 0 Å². The zero-order valence-electron chi connectivity index (χ0n) is 22.8. The van der Waals surface area contributed by atoms with Crippen LogP contribution < -0.4 is 15.1 Å². The minimum absolute atomic E-state index is 0.258. The lowest BCUT2D eigenvalue weighted by Crippen LogP contribution is -2.50. The van der Waals surface area contributed by atoms with Crippen LogP contribution in [-0.4, -0.2) is 79.8 Å². The summed E-state index contributed by atoms with van der Waals surface area (Å²) in [5.41, 5.74) is 3.00. The fourth-order valence-electron chi connectivity index (χ4n) is 5.07. The van der Waals surface area contributed by atoms with Crippen molar-refractivity contribution in [3.8, 4) is 11.1 Å². The van der Waals surface area contributed by atoms with Gasteiger partial charge in [0.15, 0.2) is 0 Å². The van der Waals surface area contributed by atoms with Crippen molar-refractivity contribution < 1.29 is 18.3 Å². The lowest BCUT2D eigenvalue weighted by Gasteiger charge is -2.39. The predicted molar refractivity (Wildman–Crippen MR) is 149 cm³/mol. The molecule has 2 saturated heterocycles. The minimum atomic E-state index is -0.425. The number of piperazine rings is 1. The number of aromatic nitrogens is 2. The van der Waals surface area contributed by atoms with Crippen LogP contribution in [-0.2, 0) is 4.74 Å². The lowest BCUT2D eigenvalue weighted by atomic mass is 10.0. The Labute approximate surface area is 227 Å². The number of ether oxygens (including phenoxy) is 1. The Kier molecular flexibility index (Phi) is 7.76. The first-order valence-corrected chi connectivity index (χ1v) is 13.2. The van der Waals surface area contributed by atoms with E-state index in [9.17, 15) is 9.18 Å². The molecule has 39 heavy (non-hydrogen) atoms. The summed E-state index contributed by atoms with van der Waals surface area (Å²) < 4.78 is 35.2. The first-order valence-electron chi connectivity index (χ1n) is 13.2. The average molecular weight is 537 g/mol. The van der Waals surface area contributed by atoms with Crippen LogP contribution in [0.3, 0.4) is 0 Å². The van der Waals surface area contributed by atoms with Gasteiger partial charge in [0, 0.05) is 67.8 Å². The fraction of sp³-hybridized carbons (Fsp3) is 0.414. The summed E-state index contributed by atoms with van der Waals surface area (Å²) in [5.74, 6) is -0.573. The standard InChI is InChI=1S/C29H34F2N6O2/c1-18-11-21(12-19(2)27(18)31)28(38)34-25-13-23(22-15-32-29(33-16-22)36-7-9-39-10-8-36)24(30)14-26(25)37-6-5-35(4)20(3)17-37/h11-16,20H,5-10,17H2,1-4H3,(H,34,38). The fourth-order valence-corrected chi connectivity index (χ4v) is 5.07. The normalized spacial score (nSPS) is 18.4. The molecular weight excluding hydrogens is 502 g/mol. The van der Waals surface area contributed by atoms with Crippen molar-refractivity contribution in [2.75, 3.05) is 68.1 Å². The highest BCUT2D eigenvalue weighted by Crippen LogP contribution is 2.35. The SMILES string of the molecule is Cc1cc(C(=O)Nc2cc(-c3cnc(N4CCOCC4)nc3)c(F)cc2N2CCN(C)C(C)C2)cc(C)c1F. The molecule has 2 aliphatic heterocycles. The number of rotatable bonds is 5. The molecule has 1 N–H and O–H groups in total. The molecule has 3 heterocycles. The molecule has 0 bridgehead atoms. The number of nitrogens with one attached hydrogen (secondary N) is 1. The molecule has 5 rings (SSSR count). The Balaban J connectivity index is 1.50. The average Bonchev–Trinajstić information content (AvgIpc) is 2.94. The first kappa shape index (κ1) is 27.0. The van der Waals surface area contributed by atoms with E-state index in [2.05, 4.69) is 39.1 Å². The van der Waals surface area contributed by atoms with Crippen molar-refractivity contribution in [1.82, 2.24) is 14.9 Å². The molecule has 0 aliphatic carbocycles. The highest BCUT2D eigenvalue weighted by atomic mass is 19.1. The van der Waals surface area contributed by atoms with E-state index in [4.69, 9.17) is 4.74 Å². The van der Waals surface area contributed by atoms with Crippen LogP contribution in [0.2, 0.25) is 0 Å². The number of hydrogen-bond acceptors (Lipinski definition) is 7. The van der Waals surface area contributed by atoms with Gasteiger partial charge in [-0.05, 0) is 63.2 Å². The molecule has 1 unspecified atom stereocenters. The highest BCUT2D eigenvalue weighted by molar-refractivity contribution is 6.06. The van der Waals surface area contributed by atoms with E-state index in [1.165, 1.54) is 18.2 Å². The Morgan fingerprint density at radius 2 is 1.64 bits per heavy atom. The summed E-state index contributed by atoms with van der Waals surface area (Å²) in [6.45, 7) is 10.2. The van der Waals surface area contributed by atoms with Gasteiger partial charge in [-0.3, -0.25) is 4.79 Å². The number of carbonyl (C=O) groups excluding carboxylic acids is 1. The van der Waals surface area contributed by atoms with E-state index in [0.717, 1.165) is 6.54 Å². The summed E-state index contributed by atoms with van der Waals surface area (Å²) in [6.07, 6.45) is 3.21. The van der Waals surface area contributed by atoms with Gasteiger partial charge in [-0.2, -0.15) is 0 Å². The smallest absolute Gasteiger partial charge is 0.255 e. The zero-order valence-corrected chi connectivity index (χ0v) is 22.8. The van der Waals surface area contributed by atoms with Crippen LogP contribution in [0.1, 0.15) is 28.4 Å². The molecule has 0 spiro atoms. The molecule has 1 amide bonds. The van der Waals surface area contributed by atoms with Crippen LogP contribution >= 0.6 is 0 Å². The third kappa shape index (κ3) is 5.72. The Hall–Kier alpha value is -3.63. The molecule has 1 aromatic heterocycles. The molecule has 206 valence electrons. The van der Waals surface area contributed by atoms with Crippen molar-refractivity contribution in [2.45, 2.75) is 26.8 Å². The highest BCUT2D eigenvalue weighted by Gasteiger charge is 2.25. The number of amides is 1. The largest absolute Gasteiger partial charge is 0.378 e. The van der Waals surface area contributed by atoms with Gasteiger partial charge in [0.25, 0.3) is 5.91 Å². The van der Waals surface area contributed by atoms with Crippen molar-refractivity contribution in [3.63, 3.8) is 0 Å². The molecule has 0 radical (unpaired) electrons. The third-order valence-corrected chi connectivity index (χ3v) is 7.58. The van der Waals surface area contributed by atoms with Crippen LogP contribution in [0.25, 0.3) is 11.1 Å². The summed E-state index contributed by atoms with van der Waals surface area (Å²) in [7, 11) is 2.06. The number of anilines is 3. The first-order chi connectivity index (χ1) is 18.7. The maximum Gasteiger partial charge on any atom is 0.255 e. The van der Waals surface area contributed by atoms with Crippen molar-refractivity contribution in [3.05, 3.63) is 65.0 Å². The second-order valence-corrected chi connectivity index (χ2v) is 10.4. The zero-order chi connectivity index (χ0) is 27.7. The molecule has 10 heteroatoms. The number of nitrogens with zero attached hydrogens (tertiary/aromatic N) is 5. The number of carbonyl (C=O) groups is 1. The van der Waals surface area contributed by atoms with Gasteiger partial charge in [0.1, 0.15) is 11.6 Å². The third-order valence-electron chi connectivity index (χ3n) is 7.58. The maximum atomic E-state index is 15.6. The van der Waals surface area contributed by atoms with Crippen LogP contribution in [0.15, 0.2) is 36.7 Å². The van der Waals surface area contributed by atoms with Gasteiger partial charge >= 0.3 is 0 Å². The van der Waals surface area contributed by atoms with Crippen LogP contribution in [0, 0.1) is 25.5 Å². The molecule has 2 fully saturated rings. The quantitative estimate of drug-likeness (QED) is 0.522. The number of hydrogen-bond donors (Lipinski definition) is 1. The summed E-state index contributed by atoms with van der Waals surface area (Å²) in [4.78, 5) is 28.6. The maximum absolute atomic E-state index is 15.6. The van der Waals surface area contributed by atoms with E-state index in [1.807, 2.05) is 4.90 Å². The van der Waals surface area contributed by atoms with Gasteiger partial charge in [-0.25, -0.2) is 18.7 Å². The molecule has 2 aromatic carbocycles. The van der Waals surface area contributed by atoms with Crippen molar-refractivity contribution in [1.29, 1.82) is 0 Å².